The smallest absolute Gasteiger partial charge is 0.0920 e. The van der Waals surface area contributed by atoms with Gasteiger partial charge in [-0.1, -0.05) is 6.07 Å². The van der Waals surface area contributed by atoms with Crippen LogP contribution in [0.3, 0.4) is 0 Å². The van der Waals surface area contributed by atoms with Crippen LogP contribution >= 0.6 is 15.9 Å². The summed E-state index contributed by atoms with van der Waals surface area (Å²) in [6.45, 7) is 1.52. The summed E-state index contributed by atoms with van der Waals surface area (Å²) in [4.78, 5) is 2.08. The van der Waals surface area contributed by atoms with Gasteiger partial charge in [-0.15, -0.1) is 0 Å². The second-order valence-electron chi connectivity index (χ2n) is 3.75. The monoisotopic (exact) mass is 256 g/mol. The number of fused-ring (bicyclic) bond motifs is 1. The third-order valence-electron chi connectivity index (χ3n) is 2.58. The van der Waals surface area contributed by atoms with E-state index in [1.807, 2.05) is 19.2 Å². The maximum atomic E-state index is 9.84. The van der Waals surface area contributed by atoms with Gasteiger partial charge in [0, 0.05) is 23.2 Å². The van der Waals surface area contributed by atoms with Gasteiger partial charge in [0.25, 0.3) is 0 Å². The zero-order valence-electron chi connectivity index (χ0n) is 8.00. The Hall–Kier alpha value is -0.580. The molecule has 4 heteroatoms. The Kier molecular flexibility index (Phi) is 2.51. The molecule has 0 spiro atoms. The van der Waals surface area contributed by atoms with Gasteiger partial charge in [0.2, 0.25) is 0 Å². The van der Waals surface area contributed by atoms with E-state index in [1.54, 1.807) is 0 Å². The molecule has 14 heavy (non-hydrogen) atoms. The van der Waals surface area contributed by atoms with E-state index in [-0.39, 0.29) is 0 Å². The van der Waals surface area contributed by atoms with Gasteiger partial charge in [-0.2, -0.15) is 0 Å². The highest BCUT2D eigenvalue weighted by atomic mass is 79.9. The quantitative estimate of drug-likeness (QED) is 0.692. The normalized spacial score (nSPS) is 22.1. The first-order chi connectivity index (χ1) is 6.59. The van der Waals surface area contributed by atoms with Gasteiger partial charge in [0.1, 0.15) is 0 Å². The molecule has 2 rings (SSSR count). The molecule has 1 aromatic rings. The highest BCUT2D eigenvalue weighted by Gasteiger charge is 2.23. The zero-order chi connectivity index (χ0) is 10.3. The summed E-state index contributed by atoms with van der Waals surface area (Å²) in [5.74, 6) is 0. The molecule has 1 aliphatic heterocycles. The first kappa shape index (κ1) is 9.96. The van der Waals surface area contributed by atoms with Crippen LogP contribution in [0.5, 0.6) is 0 Å². The van der Waals surface area contributed by atoms with Crippen molar-refractivity contribution in [2.24, 2.45) is 0 Å². The van der Waals surface area contributed by atoms with Gasteiger partial charge in [-0.3, -0.25) is 4.90 Å². The van der Waals surface area contributed by atoms with E-state index in [1.165, 1.54) is 0 Å². The van der Waals surface area contributed by atoms with Crippen LogP contribution in [0.15, 0.2) is 16.6 Å². The summed E-state index contributed by atoms with van der Waals surface area (Å²) >= 11 is 3.46. The van der Waals surface area contributed by atoms with Crippen LogP contribution in [-0.2, 0) is 6.54 Å². The Morgan fingerprint density at radius 1 is 1.57 bits per heavy atom. The molecule has 3 N–H and O–H groups in total. The zero-order valence-corrected chi connectivity index (χ0v) is 9.58. The van der Waals surface area contributed by atoms with E-state index in [0.29, 0.717) is 6.54 Å². The molecule has 1 aliphatic rings. The summed E-state index contributed by atoms with van der Waals surface area (Å²) < 4.78 is 0.917. The third kappa shape index (κ3) is 1.54. The third-order valence-corrected chi connectivity index (χ3v) is 3.52. The number of hydrogen-bond acceptors (Lipinski definition) is 3. The first-order valence-corrected chi connectivity index (χ1v) is 5.32. The van der Waals surface area contributed by atoms with Gasteiger partial charge >= 0.3 is 0 Å². The number of benzene rings is 1. The molecule has 3 nitrogen and oxygen atoms in total. The molecule has 0 fully saturated rings. The van der Waals surface area contributed by atoms with E-state index < -0.39 is 6.10 Å². The topological polar surface area (TPSA) is 49.5 Å². The van der Waals surface area contributed by atoms with Crippen molar-refractivity contribution in [1.29, 1.82) is 0 Å². The fourth-order valence-corrected chi connectivity index (χ4v) is 2.34. The molecule has 0 aromatic heterocycles. The van der Waals surface area contributed by atoms with Crippen LogP contribution in [0.1, 0.15) is 17.2 Å². The molecule has 1 atom stereocenters. The second kappa shape index (κ2) is 3.53. The summed E-state index contributed by atoms with van der Waals surface area (Å²) in [7, 11) is 1.99. The predicted octanol–water partition coefficient (Wildman–Crippen LogP) is 1.51. The molecule has 0 saturated heterocycles. The molecule has 1 aromatic carbocycles. The minimum atomic E-state index is -0.402. The fraction of sp³-hybridized carbons (Fsp3) is 0.400. The van der Waals surface area contributed by atoms with Crippen LogP contribution in [0.2, 0.25) is 0 Å². The largest absolute Gasteiger partial charge is 0.398 e. The number of β-amino-alcohol motifs (C(OH)–C–C–N with tert-alkyl or cyclic N) is 1. The molecule has 0 bridgehead atoms. The van der Waals surface area contributed by atoms with E-state index in [2.05, 4.69) is 20.8 Å². The SMILES string of the molecule is CN1Cc2c(ccc(N)c2Br)C(O)C1. The van der Waals surface area contributed by atoms with Crippen LogP contribution in [-0.4, -0.2) is 23.6 Å². The van der Waals surface area contributed by atoms with E-state index in [9.17, 15) is 5.11 Å². The highest BCUT2D eigenvalue weighted by Crippen LogP contribution is 2.34. The van der Waals surface area contributed by atoms with Crippen molar-refractivity contribution in [2.75, 3.05) is 19.3 Å². The first-order valence-electron chi connectivity index (χ1n) is 4.53. The van der Waals surface area contributed by atoms with Crippen molar-refractivity contribution in [3.63, 3.8) is 0 Å². The number of aliphatic hydroxyl groups is 1. The number of anilines is 1. The number of nitrogen functional groups attached to an aromatic ring is 1. The Labute approximate surface area is 91.6 Å². The average Bonchev–Trinajstić information content (AvgIpc) is 2.12. The van der Waals surface area contributed by atoms with Crippen LogP contribution in [0.4, 0.5) is 5.69 Å². The summed E-state index contributed by atoms with van der Waals surface area (Å²) in [6, 6.07) is 3.74. The predicted molar refractivity (Wildman–Crippen MR) is 59.8 cm³/mol. The van der Waals surface area contributed by atoms with Gasteiger partial charge in [-0.05, 0) is 40.2 Å². The van der Waals surface area contributed by atoms with Crippen molar-refractivity contribution in [3.05, 3.63) is 27.7 Å². The standard InChI is InChI=1S/C10H13BrN2O/c1-13-4-7-6(9(14)5-13)2-3-8(12)10(7)11/h2-3,9,14H,4-5,12H2,1H3. The molecule has 0 radical (unpaired) electrons. The molecule has 0 aliphatic carbocycles. The minimum absolute atomic E-state index is 0.402. The average molecular weight is 257 g/mol. The Bertz CT molecular complexity index is 367. The lowest BCUT2D eigenvalue weighted by atomic mass is 9.97. The minimum Gasteiger partial charge on any atom is -0.398 e. The number of nitrogens with two attached hydrogens (primary N) is 1. The summed E-state index contributed by atoms with van der Waals surface area (Å²) in [5.41, 5.74) is 8.61. The lowest BCUT2D eigenvalue weighted by Crippen LogP contribution is -2.30. The van der Waals surface area contributed by atoms with E-state index in [4.69, 9.17) is 5.73 Å². The molecule has 1 unspecified atom stereocenters. The van der Waals surface area contributed by atoms with E-state index in [0.717, 1.165) is 27.8 Å². The molecule has 1 heterocycles. The molecule has 0 saturated carbocycles. The van der Waals surface area contributed by atoms with Crippen molar-refractivity contribution < 1.29 is 5.11 Å². The van der Waals surface area contributed by atoms with Gasteiger partial charge in [0.15, 0.2) is 0 Å². The lowest BCUT2D eigenvalue weighted by Gasteiger charge is -2.30. The maximum absolute atomic E-state index is 9.84. The van der Waals surface area contributed by atoms with Crippen molar-refractivity contribution in [2.45, 2.75) is 12.6 Å². The van der Waals surface area contributed by atoms with E-state index >= 15 is 0 Å². The van der Waals surface area contributed by atoms with Gasteiger partial charge in [-0.25, -0.2) is 0 Å². The molecule has 0 amide bonds. The van der Waals surface area contributed by atoms with Crippen molar-refractivity contribution >= 4 is 21.6 Å². The maximum Gasteiger partial charge on any atom is 0.0920 e. The molecular formula is C10H13BrN2O. The van der Waals surface area contributed by atoms with Crippen LogP contribution < -0.4 is 5.73 Å². The number of nitrogens with zero attached hydrogens (tertiary/aromatic N) is 1. The van der Waals surface area contributed by atoms with Crippen molar-refractivity contribution in [1.82, 2.24) is 4.90 Å². The van der Waals surface area contributed by atoms with Crippen LogP contribution in [0.25, 0.3) is 0 Å². The van der Waals surface area contributed by atoms with Gasteiger partial charge < -0.3 is 10.8 Å². The van der Waals surface area contributed by atoms with Crippen molar-refractivity contribution in [3.8, 4) is 0 Å². The number of hydrogen-bond donors (Lipinski definition) is 2. The number of halogens is 1. The fourth-order valence-electron chi connectivity index (χ4n) is 1.86. The summed E-state index contributed by atoms with van der Waals surface area (Å²) in [5, 5.41) is 9.84. The Morgan fingerprint density at radius 2 is 2.29 bits per heavy atom. The Balaban J connectivity index is 2.54. The number of likely N-dealkylation sites (N-methyl/N-ethyl adjacent to an activating group) is 1. The molecule has 76 valence electrons. The summed E-state index contributed by atoms with van der Waals surface area (Å²) in [6.07, 6.45) is -0.402. The van der Waals surface area contributed by atoms with Crippen LogP contribution in [0, 0.1) is 0 Å². The number of aliphatic hydroxyl groups excluding tert-OH is 1. The molecular weight excluding hydrogens is 244 g/mol. The number of rotatable bonds is 0. The highest BCUT2D eigenvalue weighted by molar-refractivity contribution is 9.10. The Morgan fingerprint density at radius 3 is 3.00 bits per heavy atom. The second-order valence-corrected chi connectivity index (χ2v) is 4.54. The van der Waals surface area contributed by atoms with Gasteiger partial charge in [0.05, 0.1) is 6.10 Å². The lowest BCUT2D eigenvalue weighted by molar-refractivity contribution is 0.107.